The largest absolute Gasteiger partial charge is 0.360 e. The Morgan fingerprint density at radius 3 is 2.65 bits per heavy atom. The van der Waals surface area contributed by atoms with Crippen molar-refractivity contribution in [1.82, 2.24) is 4.98 Å². The molecule has 5 heteroatoms. The van der Waals surface area contributed by atoms with E-state index in [1.54, 1.807) is 24.4 Å². The molecule has 3 aromatic rings. The van der Waals surface area contributed by atoms with E-state index >= 15 is 0 Å². The average Bonchev–Trinajstić information content (AvgIpc) is 2.86. The van der Waals surface area contributed by atoms with Crippen LogP contribution in [0, 0.1) is 0 Å². The van der Waals surface area contributed by atoms with Crippen LogP contribution in [0.4, 0.5) is 0 Å². The molecule has 2 nitrogen and oxygen atoms in total. The highest BCUT2D eigenvalue weighted by atomic mass is 79.9. The van der Waals surface area contributed by atoms with Gasteiger partial charge >= 0.3 is 0 Å². The number of carbonyl (C=O) groups is 1. The van der Waals surface area contributed by atoms with Crippen LogP contribution in [0.5, 0.6) is 0 Å². The van der Waals surface area contributed by atoms with E-state index in [0.717, 1.165) is 15.4 Å². The first-order chi connectivity index (χ1) is 9.58. The van der Waals surface area contributed by atoms with Gasteiger partial charge in [0.1, 0.15) is 0 Å². The zero-order valence-corrected chi connectivity index (χ0v) is 14.0. The Balaban J connectivity index is 2.15. The molecule has 0 saturated carbocycles. The van der Waals surface area contributed by atoms with E-state index in [1.807, 2.05) is 18.2 Å². The number of H-pyrrole nitrogens is 1. The first kappa shape index (κ1) is 13.9. The highest BCUT2D eigenvalue weighted by Gasteiger charge is 2.16. The molecular weight excluding hydrogens is 405 g/mol. The lowest BCUT2D eigenvalue weighted by molar-refractivity contribution is 0.104. The summed E-state index contributed by atoms with van der Waals surface area (Å²) in [7, 11) is 0. The van der Waals surface area contributed by atoms with Crippen LogP contribution in [0.2, 0.25) is 5.02 Å². The Labute approximate surface area is 137 Å². The average molecular weight is 413 g/mol. The predicted octanol–water partition coefficient (Wildman–Crippen LogP) is 5.58. The van der Waals surface area contributed by atoms with Crippen molar-refractivity contribution in [3.63, 3.8) is 0 Å². The lowest BCUT2D eigenvalue weighted by atomic mass is 10.0. The second kappa shape index (κ2) is 5.35. The van der Waals surface area contributed by atoms with Gasteiger partial charge in [0.05, 0.1) is 5.02 Å². The number of aromatic nitrogens is 1. The Kier molecular flexibility index (Phi) is 3.71. The number of carbonyl (C=O) groups excluding carboxylic acids is 1. The Morgan fingerprint density at radius 2 is 1.90 bits per heavy atom. The van der Waals surface area contributed by atoms with Crippen molar-refractivity contribution < 1.29 is 4.79 Å². The lowest BCUT2D eigenvalue weighted by Gasteiger charge is -2.03. The first-order valence-corrected chi connectivity index (χ1v) is 7.79. The van der Waals surface area contributed by atoms with Gasteiger partial charge in [0.25, 0.3) is 0 Å². The molecule has 0 saturated heterocycles. The SMILES string of the molecule is O=C(c1ccc(Cl)c(Br)c1)c1c[nH]c2cccc(Br)c12. The summed E-state index contributed by atoms with van der Waals surface area (Å²) in [4.78, 5) is 15.7. The number of hydrogen-bond donors (Lipinski definition) is 1. The number of halogens is 3. The van der Waals surface area contributed by atoms with Gasteiger partial charge in [-0.3, -0.25) is 4.79 Å². The van der Waals surface area contributed by atoms with E-state index in [0.29, 0.717) is 20.6 Å². The molecule has 0 aliphatic carbocycles. The lowest BCUT2D eigenvalue weighted by Crippen LogP contribution is -2.00. The maximum Gasteiger partial charge on any atom is 0.195 e. The number of ketones is 1. The molecule has 0 radical (unpaired) electrons. The van der Waals surface area contributed by atoms with Crippen molar-refractivity contribution in [3.05, 3.63) is 67.7 Å². The molecule has 100 valence electrons. The number of rotatable bonds is 2. The topological polar surface area (TPSA) is 32.9 Å². The molecule has 3 rings (SSSR count). The van der Waals surface area contributed by atoms with E-state index < -0.39 is 0 Å². The number of benzene rings is 2. The van der Waals surface area contributed by atoms with Gasteiger partial charge in [-0.1, -0.05) is 33.6 Å². The summed E-state index contributed by atoms with van der Waals surface area (Å²) in [5.41, 5.74) is 2.16. The molecule has 2 aromatic carbocycles. The van der Waals surface area contributed by atoms with Crippen molar-refractivity contribution in [2.75, 3.05) is 0 Å². The molecular formula is C15H8Br2ClNO. The molecule has 1 N–H and O–H groups in total. The van der Waals surface area contributed by atoms with Crippen LogP contribution in [0.15, 0.2) is 51.5 Å². The molecule has 1 heterocycles. The number of fused-ring (bicyclic) bond motifs is 1. The molecule has 0 atom stereocenters. The Morgan fingerprint density at radius 1 is 1.10 bits per heavy atom. The molecule has 0 aliphatic rings. The summed E-state index contributed by atoms with van der Waals surface area (Å²) >= 11 is 12.8. The highest BCUT2D eigenvalue weighted by molar-refractivity contribution is 9.11. The summed E-state index contributed by atoms with van der Waals surface area (Å²) in [6.45, 7) is 0. The van der Waals surface area contributed by atoms with Crippen molar-refractivity contribution in [1.29, 1.82) is 0 Å². The third-order valence-electron chi connectivity index (χ3n) is 3.08. The number of hydrogen-bond acceptors (Lipinski definition) is 1. The molecule has 0 amide bonds. The van der Waals surface area contributed by atoms with E-state index in [2.05, 4.69) is 36.8 Å². The van der Waals surface area contributed by atoms with Gasteiger partial charge < -0.3 is 4.98 Å². The minimum Gasteiger partial charge on any atom is -0.360 e. The molecule has 1 aromatic heterocycles. The van der Waals surface area contributed by atoms with Gasteiger partial charge in [-0.15, -0.1) is 0 Å². The van der Waals surface area contributed by atoms with Gasteiger partial charge in [0, 0.05) is 37.2 Å². The summed E-state index contributed by atoms with van der Waals surface area (Å²) in [5, 5.41) is 1.48. The van der Waals surface area contributed by atoms with Gasteiger partial charge in [-0.2, -0.15) is 0 Å². The monoisotopic (exact) mass is 411 g/mol. The minimum atomic E-state index is -0.0412. The van der Waals surface area contributed by atoms with Crippen molar-refractivity contribution >= 4 is 60.1 Å². The Hall–Kier alpha value is -1.10. The fraction of sp³-hybridized carbons (Fsp3) is 0. The zero-order chi connectivity index (χ0) is 14.3. The summed E-state index contributed by atoms with van der Waals surface area (Å²) in [6, 6.07) is 11.0. The molecule has 20 heavy (non-hydrogen) atoms. The van der Waals surface area contributed by atoms with Crippen LogP contribution in [0.3, 0.4) is 0 Å². The van der Waals surface area contributed by atoms with Crippen LogP contribution in [-0.2, 0) is 0 Å². The summed E-state index contributed by atoms with van der Waals surface area (Å²) < 4.78 is 1.61. The third kappa shape index (κ3) is 2.32. The molecule has 0 spiro atoms. The molecule has 0 fully saturated rings. The van der Waals surface area contributed by atoms with E-state index in [-0.39, 0.29) is 5.78 Å². The van der Waals surface area contributed by atoms with Crippen LogP contribution >= 0.6 is 43.5 Å². The third-order valence-corrected chi connectivity index (χ3v) is 4.96. The van der Waals surface area contributed by atoms with Gasteiger partial charge in [0.15, 0.2) is 5.78 Å². The van der Waals surface area contributed by atoms with Gasteiger partial charge in [-0.25, -0.2) is 0 Å². The van der Waals surface area contributed by atoms with Crippen LogP contribution < -0.4 is 0 Å². The number of aromatic amines is 1. The van der Waals surface area contributed by atoms with Crippen molar-refractivity contribution in [2.45, 2.75) is 0 Å². The molecule has 0 unspecified atom stereocenters. The zero-order valence-electron chi connectivity index (χ0n) is 10.1. The summed E-state index contributed by atoms with van der Waals surface area (Å²) in [6.07, 6.45) is 1.74. The van der Waals surface area contributed by atoms with Crippen molar-refractivity contribution in [2.24, 2.45) is 0 Å². The normalized spacial score (nSPS) is 10.9. The van der Waals surface area contributed by atoms with Crippen LogP contribution in [0.1, 0.15) is 15.9 Å². The fourth-order valence-corrected chi connectivity index (χ4v) is 3.19. The van der Waals surface area contributed by atoms with Crippen LogP contribution in [0.25, 0.3) is 10.9 Å². The Bertz CT molecular complexity index is 826. The quantitative estimate of drug-likeness (QED) is 0.547. The second-order valence-electron chi connectivity index (χ2n) is 4.32. The number of nitrogens with one attached hydrogen (secondary N) is 1. The summed E-state index contributed by atoms with van der Waals surface area (Å²) in [5.74, 6) is -0.0412. The maximum absolute atomic E-state index is 12.6. The molecule has 0 aliphatic heterocycles. The van der Waals surface area contributed by atoms with Gasteiger partial charge in [-0.05, 0) is 46.3 Å². The van der Waals surface area contributed by atoms with Crippen LogP contribution in [-0.4, -0.2) is 10.8 Å². The maximum atomic E-state index is 12.6. The predicted molar refractivity (Wildman–Crippen MR) is 88.6 cm³/mol. The van der Waals surface area contributed by atoms with E-state index in [4.69, 9.17) is 11.6 Å². The van der Waals surface area contributed by atoms with Crippen molar-refractivity contribution in [3.8, 4) is 0 Å². The van der Waals surface area contributed by atoms with Gasteiger partial charge in [0.2, 0.25) is 0 Å². The smallest absolute Gasteiger partial charge is 0.195 e. The minimum absolute atomic E-state index is 0.0412. The standard InChI is InChI=1S/C15H8Br2ClNO/c16-10-2-1-3-13-14(10)9(7-19-13)15(20)8-4-5-12(18)11(17)6-8/h1-7,19H. The van der Waals surface area contributed by atoms with E-state index in [9.17, 15) is 4.79 Å². The first-order valence-electron chi connectivity index (χ1n) is 5.83. The highest BCUT2D eigenvalue weighted by Crippen LogP contribution is 2.30. The fourth-order valence-electron chi connectivity index (χ4n) is 2.11. The van der Waals surface area contributed by atoms with E-state index in [1.165, 1.54) is 0 Å². The second-order valence-corrected chi connectivity index (χ2v) is 6.44. The molecule has 0 bridgehead atoms.